The number of hydrogen-bond donors (Lipinski definition) is 0. The van der Waals surface area contributed by atoms with Gasteiger partial charge < -0.3 is 4.74 Å². The van der Waals surface area contributed by atoms with Crippen molar-refractivity contribution in [2.45, 2.75) is 103 Å². The highest BCUT2D eigenvalue weighted by Gasteiger charge is 2.12. The van der Waals surface area contributed by atoms with E-state index in [1.807, 2.05) is 0 Å². The van der Waals surface area contributed by atoms with Gasteiger partial charge in [0.2, 0.25) is 0 Å². The van der Waals surface area contributed by atoms with Crippen LogP contribution in [0.15, 0.2) is 0 Å². The summed E-state index contributed by atoms with van der Waals surface area (Å²) >= 11 is 0. The Morgan fingerprint density at radius 1 is 0.850 bits per heavy atom. The van der Waals surface area contributed by atoms with E-state index >= 15 is 0 Å². The lowest BCUT2D eigenvalue weighted by Gasteiger charge is -2.22. The molecule has 0 N–H and O–H groups in total. The summed E-state index contributed by atoms with van der Waals surface area (Å²) in [7, 11) is 0. The second-order valence-electron chi connectivity index (χ2n) is 6.06. The summed E-state index contributed by atoms with van der Waals surface area (Å²) in [6.45, 7) is 3.13. The SMILES string of the molecule is CCC#CCCCCCCCCCCC1CCCCO1. The summed E-state index contributed by atoms with van der Waals surface area (Å²) in [6.07, 6.45) is 19.1. The molecule has 0 amide bonds. The predicted octanol–water partition coefficient (Wildman–Crippen LogP) is 5.87. The van der Waals surface area contributed by atoms with E-state index in [9.17, 15) is 0 Å². The number of ether oxygens (including phenoxy) is 1. The molecule has 1 heterocycles. The van der Waals surface area contributed by atoms with E-state index in [2.05, 4.69) is 18.8 Å². The summed E-state index contributed by atoms with van der Waals surface area (Å²) in [5.41, 5.74) is 0. The van der Waals surface area contributed by atoms with E-state index in [1.165, 1.54) is 77.0 Å². The van der Waals surface area contributed by atoms with Crippen LogP contribution in [-0.4, -0.2) is 12.7 Å². The maximum atomic E-state index is 5.77. The van der Waals surface area contributed by atoms with Crippen molar-refractivity contribution in [1.29, 1.82) is 0 Å². The van der Waals surface area contributed by atoms with Gasteiger partial charge in [0, 0.05) is 19.4 Å². The molecule has 1 rings (SSSR count). The minimum absolute atomic E-state index is 0.591. The van der Waals surface area contributed by atoms with Gasteiger partial charge in [-0.3, -0.25) is 0 Å². The zero-order chi connectivity index (χ0) is 14.3. The molecule has 0 bridgehead atoms. The fourth-order valence-electron chi connectivity index (χ4n) is 2.89. The Kier molecular flexibility index (Phi) is 11.9. The highest BCUT2D eigenvalue weighted by Crippen LogP contribution is 2.19. The van der Waals surface area contributed by atoms with Crippen molar-refractivity contribution in [2.75, 3.05) is 6.61 Å². The molecule has 0 spiro atoms. The van der Waals surface area contributed by atoms with Crippen LogP contribution in [0.3, 0.4) is 0 Å². The number of unbranched alkanes of at least 4 members (excludes halogenated alkanes) is 8. The summed E-state index contributed by atoms with van der Waals surface area (Å²) in [6, 6.07) is 0. The second-order valence-corrected chi connectivity index (χ2v) is 6.06. The molecule has 1 unspecified atom stereocenters. The topological polar surface area (TPSA) is 9.23 Å². The van der Waals surface area contributed by atoms with Crippen LogP contribution in [0.1, 0.15) is 96.8 Å². The Morgan fingerprint density at radius 2 is 1.55 bits per heavy atom. The molecular formula is C19H34O. The molecule has 0 aromatic carbocycles. The normalized spacial score (nSPS) is 18.6. The van der Waals surface area contributed by atoms with Crippen molar-refractivity contribution in [2.24, 2.45) is 0 Å². The molecule has 1 aliphatic heterocycles. The van der Waals surface area contributed by atoms with E-state index in [-0.39, 0.29) is 0 Å². The molecule has 1 aliphatic rings. The monoisotopic (exact) mass is 278 g/mol. The smallest absolute Gasteiger partial charge is 0.0575 e. The fraction of sp³-hybridized carbons (Fsp3) is 0.895. The maximum Gasteiger partial charge on any atom is 0.0575 e. The molecule has 1 saturated heterocycles. The van der Waals surface area contributed by atoms with Gasteiger partial charge >= 0.3 is 0 Å². The first-order chi connectivity index (χ1) is 9.93. The summed E-state index contributed by atoms with van der Waals surface area (Å²) in [5, 5.41) is 0. The van der Waals surface area contributed by atoms with Gasteiger partial charge in [0.1, 0.15) is 0 Å². The Hall–Kier alpha value is -0.480. The van der Waals surface area contributed by atoms with Gasteiger partial charge in [-0.05, 0) is 32.1 Å². The van der Waals surface area contributed by atoms with Crippen LogP contribution >= 0.6 is 0 Å². The molecule has 20 heavy (non-hydrogen) atoms. The van der Waals surface area contributed by atoms with Crippen LogP contribution in [0.5, 0.6) is 0 Å². The molecular weight excluding hydrogens is 244 g/mol. The van der Waals surface area contributed by atoms with Gasteiger partial charge in [-0.1, -0.05) is 51.9 Å². The standard InChI is InChI=1S/C19H34O/c1-2-3-4-5-6-7-8-9-10-11-12-13-16-19-17-14-15-18-20-19/h19H,2,5-18H2,1H3. The zero-order valence-corrected chi connectivity index (χ0v) is 13.6. The third kappa shape index (κ3) is 10.3. The maximum absolute atomic E-state index is 5.77. The predicted molar refractivity (Wildman–Crippen MR) is 87.8 cm³/mol. The van der Waals surface area contributed by atoms with Gasteiger partial charge in [0.15, 0.2) is 0 Å². The summed E-state index contributed by atoms with van der Waals surface area (Å²) in [5.74, 6) is 6.36. The number of hydrogen-bond acceptors (Lipinski definition) is 1. The quantitative estimate of drug-likeness (QED) is 0.359. The first-order valence-corrected chi connectivity index (χ1v) is 9.01. The van der Waals surface area contributed by atoms with E-state index in [0.717, 1.165) is 19.4 Å². The van der Waals surface area contributed by atoms with Crippen LogP contribution in [0.25, 0.3) is 0 Å². The molecule has 0 aliphatic carbocycles. The molecule has 0 saturated carbocycles. The van der Waals surface area contributed by atoms with Crippen LogP contribution in [0, 0.1) is 11.8 Å². The minimum atomic E-state index is 0.591. The zero-order valence-electron chi connectivity index (χ0n) is 13.6. The largest absolute Gasteiger partial charge is 0.378 e. The van der Waals surface area contributed by atoms with Crippen LogP contribution in [0.4, 0.5) is 0 Å². The van der Waals surface area contributed by atoms with Crippen LogP contribution < -0.4 is 0 Å². The molecule has 1 fully saturated rings. The van der Waals surface area contributed by atoms with Crippen LogP contribution in [-0.2, 0) is 4.74 Å². The van der Waals surface area contributed by atoms with Gasteiger partial charge in [-0.2, -0.15) is 0 Å². The minimum Gasteiger partial charge on any atom is -0.378 e. The van der Waals surface area contributed by atoms with Gasteiger partial charge in [-0.25, -0.2) is 0 Å². The summed E-state index contributed by atoms with van der Waals surface area (Å²) in [4.78, 5) is 0. The highest BCUT2D eigenvalue weighted by atomic mass is 16.5. The summed E-state index contributed by atoms with van der Waals surface area (Å²) < 4.78 is 5.77. The molecule has 116 valence electrons. The van der Waals surface area contributed by atoms with E-state index in [1.54, 1.807) is 0 Å². The highest BCUT2D eigenvalue weighted by molar-refractivity contribution is 4.97. The van der Waals surface area contributed by atoms with Crippen molar-refractivity contribution in [3.63, 3.8) is 0 Å². The molecule has 0 radical (unpaired) electrons. The van der Waals surface area contributed by atoms with E-state index < -0.39 is 0 Å². The van der Waals surface area contributed by atoms with E-state index in [0.29, 0.717) is 6.10 Å². The van der Waals surface area contributed by atoms with Crippen molar-refractivity contribution in [3.8, 4) is 11.8 Å². The van der Waals surface area contributed by atoms with E-state index in [4.69, 9.17) is 4.74 Å². The Balaban J connectivity index is 1.74. The van der Waals surface area contributed by atoms with Crippen molar-refractivity contribution in [1.82, 2.24) is 0 Å². The van der Waals surface area contributed by atoms with Crippen molar-refractivity contribution < 1.29 is 4.74 Å². The molecule has 0 aromatic rings. The lowest BCUT2D eigenvalue weighted by atomic mass is 10.0. The first-order valence-electron chi connectivity index (χ1n) is 9.01. The Labute approximate surface area is 126 Å². The Morgan fingerprint density at radius 3 is 2.20 bits per heavy atom. The van der Waals surface area contributed by atoms with Crippen molar-refractivity contribution in [3.05, 3.63) is 0 Å². The molecule has 0 aromatic heterocycles. The first kappa shape index (κ1) is 17.6. The van der Waals surface area contributed by atoms with Crippen LogP contribution in [0.2, 0.25) is 0 Å². The second kappa shape index (κ2) is 13.5. The molecule has 1 nitrogen and oxygen atoms in total. The van der Waals surface area contributed by atoms with Gasteiger partial charge in [-0.15, -0.1) is 11.8 Å². The average Bonchev–Trinajstić information content (AvgIpc) is 2.49. The lowest BCUT2D eigenvalue weighted by molar-refractivity contribution is 0.00977. The average molecular weight is 278 g/mol. The Bertz CT molecular complexity index is 255. The third-order valence-electron chi connectivity index (χ3n) is 4.15. The van der Waals surface area contributed by atoms with Crippen molar-refractivity contribution >= 4 is 0 Å². The third-order valence-corrected chi connectivity index (χ3v) is 4.15. The molecule has 1 heteroatoms. The fourth-order valence-corrected chi connectivity index (χ4v) is 2.89. The number of rotatable bonds is 10. The molecule has 1 atom stereocenters. The lowest BCUT2D eigenvalue weighted by Crippen LogP contribution is -2.18. The van der Waals surface area contributed by atoms with Gasteiger partial charge in [0.05, 0.1) is 6.10 Å². The van der Waals surface area contributed by atoms with Gasteiger partial charge in [0.25, 0.3) is 0 Å².